The SMILES string of the molecule is C[C@H](OC(=O)[C@@H]1CC=CCC1)C(=O)Nc1cccc(Cl)c1. The molecule has 112 valence electrons. The zero-order valence-electron chi connectivity index (χ0n) is 11.8. The summed E-state index contributed by atoms with van der Waals surface area (Å²) in [6, 6.07) is 6.82. The minimum atomic E-state index is -0.831. The molecule has 1 N–H and O–H groups in total. The van der Waals surface area contributed by atoms with E-state index in [1.807, 2.05) is 6.08 Å². The molecule has 0 fully saturated rings. The molecule has 0 saturated heterocycles. The van der Waals surface area contributed by atoms with Gasteiger partial charge in [0, 0.05) is 10.7 Å². The molecule has 0 saturated carbocycles. The lowest BCUT2D eigenvalue weighted by Gasteiger charge is -2.19. The minimum absolute atomic E-state index is 0.142. The van der Waals surface area contributed by atoms with Gasteiger partial charge in [-0.25, -0.2) is 0 Å². The van der Waals surface area contributed by atoms with Crippen molar-refractivity contribution in [2.24, 2.45) is 5.92 Å². The summed E-state index contributed by atoms with van der Waals surface area (Å²) < 4.78 is 5.24. The van der Waals surface area contributed by atoms with Crippen LogP contribution in [0.2, 0.25) is 5.02 Å². The van der Waals surface area contributed by atoms with Crippen molar-refractivity contribution < 1.29 is 14.3 Å². The first-order valence-corrected chi connectivity index (χ1v) is 7.36. The maximum Gasteiger partial charge on any atom is 0.310 e. The maximum absolute atomic E-state index is 12.0. The van der Waals surface area contributed by atoms with Crippen molar-refractivity contribution in [1.82, 2.24) is 0 Å². The van der Waals surface area contributed by atoms with Gasteiger partial charge in [0.25, 0.3) is 5.91 Å². The molecule has 0 bridgehead atoms. The Kier molecular flexibility index (Phi) is 5.39. The lowest BCUT2D eigenvalue weighted by Crippen LogP contribution is -2.32. The van der Waals surface area contributed by atoms with Gasteiger partial charge in [0.15, 0.2) is 6.10 Å². The minimum Gasteiger partial charge on any atom is -0.452 e. The van der Waals surface area contributed by atoms with Crippen molar-refractivity contribution in [3.63, 3.8) is 0 Å². The predicted octanol–water partition coefficient (Wildman–Crippen LogP) is 3.57. The van der Waals surface area contributed by atoms with Gasteiger partial charge >= 0.3 is 5.97 Å². The van der Waals surface area contributed by atoms with Crippen LogP contribution in [0.1, 0.15) is 26.2 Å². The molecule has 0 aliphatic heterocycles. The Morgan fingerprint density at radius 1 is 1.38 bits per heavy atom. The number of carbonyl (C=O) groups excluding carboxylic acids is 2. The van der Waals surface area contributed by atoms with E-state index in [1.165, 1.54) is 0 Å². The average Bonchev–Trinajstić information content (AvgIpc) is 2.48. The highest BCUT2D eigenvalue weighted by Gasteiger charge is 2.25. The molecule has 21 heavy (non-hydrogen) atoms. The monoisotopic (exact) mass is 307 g/mol. The summed E-state index contributed by atoms with van der Waals surface area (Å²) in [5, 5.41) is 3.21. The van der Waals surface area contributed by atoms with Gasteiger partial charge in [-0.1, -0.05) is 29.8 Å². The summed E-state index contributed by atoms with van der Waals surface area (Å²) in [4.78, 5) is 24.0. The van der Waals surface area contributed by atoms with E-state index < -0.39 is 6.10 Å². The summed E-state index contributed by atoms with van der Waals surface area (Å²) in [6.07, 6.45) is 5.54. The van der Waals surface area contributed by atoms with E-state index in [9.17, 15) is 9.59 Å². The van der Waals surface area contributed by atoms with Crippen molar-refractivity contribution in [3.8, 4) is 0 Å². The fraction of sp³-hybridized carbons (Fsp3) is 0.375. The van der Waals surface area contributed by atoms with Crippen molar-refractivity contribution in [1.29, 1.82) is 0 Å². The first-order valence-electron chi connectivity index (χ1n) is 6.98. The highest BCUT2D eigenvalue weighted by Crippen LogP contribution is 2.20. The van der Waals surface area contributed by atoms with Crippen LogP contribution in [0.25, 0.3) is 0 Å². The number of nitrogens with one attached hydrogen (secondary N) is 1. The van der Waals surface area contributed by atoms with E-state index in [-0.39, 0.29) is 17.8 Å². The fourth-order valence-corrected chi connectivity index (χ4v) is 2.33. The van der Waals surface area contributed by atoms with Crippen LogP contribution in [-0.2, 0) is 14.3 Å². The highest BCUT2D eigenvalue weighted by molar-refractivity contribution is 6.30. The normalized spacial score (nSPS) is 18.9. The summed E-state index contributed by atoms with van der Waals surface area (Å²) in [5.41, 5.74) is 0.580. The average molecular weight is 308 g/mol. The third-order valence-electron chi connectivity index (χ3n) is 3.36. The molecule has 2 atom stereocenters. The molecule has 0 spiro atoms. The summed E-state index contributed by atoms with van der Waals surface area (Å²) in [5.74, 6) is -0.818. The topological polar surface area (TPSA) is 55.4 Å². The highest BCUT2D eigenvalue weighted by atomic mass is 35.5. The number of hydrogen-bond acceptors (Lipinski definition) is 3. The van der Waals surface area contributed by atoms with Gasteiger partial charge in [0.1, 0.15) is 0 Å². The van der Waals surface area contributed by atoms with Gasteiger partial charge in [-0.05, 0) is 44.4 Å². The molecule has 1 aromatic rings. The van der Waals surface area contributed by atoms with E-state index in [1.54, 1.807) is 31.2 Å². The molecular formula is C16H18ClNO3. The number of carbonyl (C=O) groups is 2. The lowest BCUT2D eigenvalue weighted by atomic mass is 9.95. The van der Waals surface area contributed by atoms with E-state index in [4.69, 9.17) is 16.3 Å². The third kappa shape index (κ3) is 4.60. The molecular weight excluding hydrogens is 290 g/mol. The van der Waals surface area contributed by atoms with Crippen molar-refractivity contribution in [2.45, 2.75) is 32.3 Å². The van der Waals surface area contributed by atoms with Crippen molar-refractivity contribution >= 4 is 29.2 Å². The summed E-state index contributed by atoms with van der Waals surface area (Å²) in [7, 11) is 0. The van der Waals surface area contributed by atoms with Crippen LogP contribution in [-0.4, -0.2) is 18.0 Å². The molecule has 1 amide bonds. The van der Waals surface area contributed by atoms with Crippen molar-refractivity contribution in [2.75, 3.05) is 5.32 Å². The third-order valence-corrected chi connectivity index (χ3v) is 3.59. The second-order valence-electron chi connectivity index (χ2n) is 5.06. The number of halogens is 1. The standard InChI is InChI=1S/C16H18ClNO3/c1-11(21-16(20)12-6-3-2-4-7-12)15(19)18-14-9-5-8-13(17)10-14/h2-3,5,8-12H,4,6-7H2,1H3,(H,18,19)/t11-,12+/m0/s1. The Morgan fingerprint density at radius 2 is 2.19 bits per heavy atom. The van der Waals surface area contributed by atoms with Crippen LogP contribution in [0.5, 0.6) is 0 Å². The van der Waals surface area contributed by atoms with Gasteiger partial charge in [-0.15, -0.1) is 0 Å². The van der Waals surface area contributed by atoms with E-state index in [0.29, 0.717) is 17.1 Å². The van der Waals surface area contributed by atoms with Gasteiger partial charge in [-0.3, -0.25) is 9.59 Å². The molecule has 0 aromatic heterocycles. The molecule has 0 unspecified atom stereocenters. The van der Waals surface area contributed by atoms with Crippen molar-refractivity contribution in [3.05, 3.63) is 41.4 Å². The quantitative estimate of drug-likeness (QED) is 0.683. The zero-order chi connectivity index (χ0) is 15.2. The summed E-state index contributed by atoms with van der Waals surface area (Å²) in [6.45, 7) is 1.57. The van der Waals surface area contributed by atoms with Gasteiger partial charge in [-0.2, -0.15) is 0 Å². The second-order valence-corrected chi connectivity index (χ2v) is 5.50. The lowest BCUT2D eigenvalue weighted by molar-refractivity contribution is -0.157. The molecule has 4 nitrogen and oxygen atoms in total. The number of ether oxygens (including phenoxy) is 1. The molecule has 2 rings (SSSR count). The summed E-state index contributed by atoms with van der Waals surface area (Å²) >= 11 is 5.85. The Hall–Kier alpha value is -1.81. The molecule has 0 radical (unpaired) electrons. The number of benzene rings is 1. The van der Waals surface area contributed by atoms with Crippen LogP contribution < -0.4 is 5.32 Å². The van der Waals surface area contributed by atoms with Crippen LogP contribution in [0.4, 0.5) is 5.69 Å². The van der Waals surface area contributed by atoms with E-state index in [2.05, 4.69) is 11.4 Å². The first kappa shape index (κ1) is 15.6. The van der Waals surface area contributed by atoms with Crippen LogP contribution in [0, 0.1) is 5.92 Å². The molecule has 1 aliphatic rings. The largest absolute Gasteiger partial charge is 0.452 e. The van der Waals surface area contributed by atoms with Gasteiger partial charge in [0.05, 0.1) is 5.92 Å². The Morgan fingerprint density at radius 3 is 2.86 bits per heavy atom. The Bertz CT molecular complexity index is 556. The number of esters is 1. The second kappa shape index (κ2) is 7.27. The molecule has 1 aromatic carbocycles. The number of amides is 1. The van der Waals surface area contributed by atoms with Crippen LogP contribution in [0.15, 0.2) is 36.4 Å². The first-order chi connectivity index (χ1) is 10.1. The zero-order valence-corrected chi connectivity index (χ0v) is 12.6. The van der Waals surface area contributed by atoms with Crippen LogP contribution >= 0.6 is 11.6 Å². The number of allylic oxidation sites excluding steroid dienone is 2. The fourth-order valence-electron chi connectivity index (χ4n) is 2.14. The van der Waals surface area contributed by atoms with Gasteiger partial charge in [0.2, 0.25) is 0 Å². The molecule has 1 aliphatic carbocycles. The number of anilines is 1. The van der Waals surface area contributed by atoms with Gasteiger partial charge < -0.3 is 10.1 Å². The van der Waals surface area contributed by atoms with E-state index in [0.717, 1.165) is 12.8 Å². The Labute approximate surface area is 129 Å². The molecule has 0 heterocycles. The Balaban J connectivity index is 1.87. The predicted molar refractivity (Wildman–Crippen MR) is 82.1 cm³/mol. The maximum atomic E-state index is 12.0. The molecule has 5 heteroatoms. The number of rotatable bonds is 4. The number of hydrogen-bond donors (Lipinski definition) is 1. The van der Waals surface area contributed by atoms with E-state index >= 15 is 0 Å². The van der Waals surface area contributed by atoms with Crippen LogP contribution in [0.3, 0.4) is 0 Å². The smallest absolute Gasteiger partial charge is 0.310 e.